The molecule has 29 heavy (non-hydrogen) atoms. The van der Waals surface area contributed by atoms with Gasteiger partial charge in [-0.05, 0) is 30.2 Å². The maximum atomic E-state index is 12.3. The monoisotopic (exact) mass is 403 g/mol. The van der Waals surface area contributed by atoms with Crippen LogP contribution in [0.4, 0.5) is 0 Å². The van der Waals surface area contributed by atoms with Crippen molar-refractivity contribution in [2.45, 2.75) is 32.9 Å². The summed E-state index contributed by atoms with van der Waals surface area (Å²) in [5, 5.41) is 16.0. The number of carbonyl (C=O) groups is 2. The molecule has 0 bridgehead atoms. The van der Waals surface area contributed by atoms with Crippen LogP contribution in [-0.2, 0) is 16.1 Å². The molecule has 9 heteroatoms. The summed E-state index contributed by atoms with van der Waals surface area (Å²) in [7, 11) is 3.04. The van der Waals surface area contributed by atoms with Crippen LogP contribution in [0.1, 0.15) is 20.3 Å². The van der Waals surface area contributed by atoms with Crippen molar-refractivity contribution in [3.63, 3.8) is 0 Å². The maximum Gasteiger partial charge on any atom is 0.326 e. The number of carboxylic acid groups (broad SMARTS) is 1. The lowest BCUT2D eigenvalue weighted by Gasteiger charge is -2.20. The number of carboxylic acids is 1. The third-order valence-electron chi connectivity index (χ3n) is 4.63. The molecule has 0 aliphatic carbocycles. The molecule has 0 saturated heterocycles. The smallest absolute Gasteiger partial charge is 0.326 e. The highest BCUT2D eigenvalue weighted by Gasteiger charge is 2.25. The van der Waals surface area contributed by atoms with Gasteiger partial charge < -0.3 is 19.9 Å². The molecule has 2 aromatic rings. The summed E-state index contributed by atoms with van der Waals surface area (Å²) < 4.78 is 11.5. The summed E-state index contributed by atoms with van der Waals surface area (Å²) in [6, 6.07) is 6.98. The molecule has 2 atom stereocenters. The highest BCUT2D eigenvalue weighted by molar-refractivity contribution is 5.83. The minimum absolute atomic E-state index is 0.251. The van der Waals surface area contributed by atoms with Gasteiger partial charge in [0.2, 0.25) is 5.91 Å². The van der Waals surface area contributed by atoms with E-state index >= 15 is 0 Å². The number of ether oxygens (including phenoxy) is 2. The van der Waals surface area contributed by atoms with Crippen LogP contribution in [0, 0.1) is 5.92 Å². The number of nitrogens with zero attached hydrogens (tertiary/aromatic N) is 2. The number of amides is 1. The van der Waals surface area contributed by atoms with E-state index in [4.69, 9.17) is 9.47 Å². The predicted octanol–water partition coefficient (Wildman–Crippen LogP) is 1.54. The first-order valence-electron chi connectivity index (χ1n) is 9.13. The minimum atomic E-state index is -1.12. The topological polar surface area (TPSA) is 120 Å². The van der Waals surface area contributed by atoms with Crippen molar-refractivity contribution < 1.29 is 24.2 Å². The minimum Gasteiger partial charge on any atom is -0.493 e. The maximum absolute atomic E-state index is 12.3. The highest BCUT2D eigenvalue weighted by Crippen LogP contribution is 2.31. The van der Waals surface area contributed by atoms with Crippen LogP contribution in [0.3, 0.4) is 0 Å². The van der Waals surface area contributed by atoms with E-state index in [1.54, 1.807) is 25.1 Å². The van der Waals surface area contributed by atoms with Crippen LogP contribution >= 0.6 is 0 Å². The van der Waals surface area contributed by atoms with E-state index in [-0.39, 0.29) is 12.5 Å². The molecule has 0 radical (unpaired) electrons. The van der Waals surface area contributed by atoms with E-state index in [0.29, 0.717) is 29.2 Å². The van der Waals surface area contributed by atoms with Gasteiger partial charge in [-0.3, -0.25) is 9.59 Å². The molecule has 1 aromatic carbocycles. The number of carbonyl (C=O) groups excluding carboxylic acids is 1. The number of aliphatic carboxylic acids is 1. The lowest BCUT2D eigenvalue weighted by atomic mass is 9.99. The molecule has 0 unspecified atom stereocenters. The van der Waals surface area contributed by atoms with Gasteiger partial charge in [0.15, 0.2) is 11.5 Å². The highest BCUT2D eigenvalue weighted by atomic mass is 16.5. The van der Waals surface area contributed by atoms with Crippen LogP contribution in [-0.4, -0.2) is 47.0 Å². The summed E-state index contributed by atoms with van der Waals surface area (Å²) in [5.74, 6) is -0.920. The van der Waals surface area contributed by atoms with Crippen LogP contribution in [0.15, 0.2) is 35.1 Å². The Morgan fingerprint density at radius 2 is 1.86 bits per heavy atom. The Bertz CT molecular complexity index is 940. The normalized spacial score (nSPS) is 12.7. The van der Waals surface area contributed by atoms with Crippen molar-refractivity contribution in [3.8, 4) is 22.8 Å². The van der Waals surface area contributed by atoms with E-state index in [0.717, 1.165) is 4.68 Å². The molecule has 2 N–H and O–H groups in total. The summed E-state index contributed by atoms with van der Waals surface area (Å²) in [6.45, 7) is 3.19. The first kappa shape index (κ1) is 21.9. The van der Waals surface area contributed by atoms with Crippen molar-refractivity contribution >= 4 is 11.9 Å². The van der Waals surface area contributed by atoms with E-state index in [2.05, 4.69) is 10.4 Å². The Hall–Kier alpha value is -3.36. The van der Waals surface area contributed by atoms with Gasteiger partial charge in [-0.25, -0.2) is 9.48 Å². The molecule has 0 aliphatic heterocycles. The van der Waals surface area contributed by atoms with Crippen LogP contribution in [0.5, 0.6) is 11.5 Å². The second kappa shape index (κ2) is 9.72. The van der Waals surface area contributed by atoms with Gasteiger partial charge in [0.05, 0.1) is 19.9 Å². The fourth-order valence-corrected chi connectivity index (χ4v) is 2.75. The third kappa shape index (κ3) is 5.34. The molecule has 156 valence electrons. The molecule has 2 rings (SSSR count). The Labute approximate surface area is 168 Å². The van der Waals surface area contributed by atoms with Crippen molar-refractivity contribution in [2.75, 3.05) is 14.2 Å². The van der Waals surface area contributed by atoms with E-state index < -0.39 is 23.5 Å². The average molecular weight is 403 g/mol. The number of methoxy groups -OCH3 is 2. The SMILES string of the molecule is CC[C@H](C)[C@H](NC(=O)Cn1nc(-c2ccc(OC)c(OC)c2)ccc1=O)C(=O)O. The first-order valence-corrected chi connectivity index (χ1v) is 9.13. The van der Waals surface area contributed by atoms with Crippen molar-refractivity contribution in [1.82, 2.24) is 15.1 Å². The Morgan fingerprint density at radius 1 is 1.17 bits per heavy atom. The molecule has 1 amide bonds. The zero-order valence-corrected chi connectivity index (χ0v) is 16.8. The number of nitrogens with one attached hydrogen (secondary N) is 1. The zero-order chi connectivity index (χ0) is 21.6. The largest absolute Gasteiger partial charge is 0.493 e. The summed E-state index contributed by atoms with van der Waals surface area (Å²) in [5.41, 5.74) is 0.648. The molecule has 9 nitrogen and oxygen atoms in total. The van der Waals surface area contributed by atoms with Crippen LogP contribution < -0.4 is 20.3 Å². The van der Waals surface area contributed by atoms with Crippen molar-refractivity contribution in [2.24, 2.45) is 5.92 Å². The van der Waals surface area contributed by atoms with Crippen molar-refractivity contribution in [3.05, 3.63) is 40.7 Å². The van der Waals surface area contributed by atoms with Gasteiger partial charge in [-0.2, -0.15) is 5.10 Å². The molecule has 0 aliphatic rings. The number of hydrogen-bond donors (Lipinski definition) is 2. The summed E-state index contributed by atoms with van der Waals surface area (Å²) in [4.78, 5) is 35.8. The number of rotatable bonds is 9. The molecule has 0 fully saturated rings. The Kier molecular flexibility index (Phi) is 7.35. The fraction of sp³-hybridized carbons (Fsp3) is 0.400. The van der Waals surface area contributed by atoms with Gasteiger partial charge in [0.25, 0.3) is 5.56 Å². The third-order valence-corrected chi connectivity index (χ3v) is 4.63. The van der Waals surface area contributed by atoms with Gasteiger partial charge in [0, 0.05) is 11.6 Å². The number of benzene rings is 1. The van der Waals surface area contributed by atoms with Gasteiger partial charge in [-0.1, -0.05) is 20.3 Å². The van der Waals surface area contributed by atoms with E-state index in [1.165, 1.54) is 26.4 Å². The quantitative estimate of drug-likeness (QED) is 0.652. The average Bonchev–Trinajstić information content (AvgIpc) is 2.72. The molecule has 0 saturated carbocycles. The second-order valence-corrected chi connectivity index (χ2v) is 6.55. The van der Waals surface area contributed by atoms with Gasteiger partial charge in [-0.15, -0.1) is 0 Å². The summed E-state index contributed by atoms with van der Waals surface area (Å²) >= 11 is 0. The van der Waals surface area contributed by atoms with Gasteiger partial charge >= 0.3 is 5.97 Å². The lowest BCUT2D eigenvalue weighted by Crippen LogP contribution is -2.47. The molecule has 0 spiro atoms. The molecular weight excluding hydrogens is 378 g/mol. The first-order chi connectivity index (χ1) is 13.8. The van der Waals surface area contributed by atoms with E-state index in [1.807, 2.05) is 6.92 Å². The predicted molar refractivity (Wildman–Crippen MR) is 106 cm³/mol. The molecular formula is C20H25N3O6. The zero-order valence-electron chi connectivity index (χ0n) is 16.8. The standard InChI is InChI=1S/C20H25N3O6/c1-5-12(2)19(20(26)27)21-17(24)11-23-18(25)9-7-14(22-23)13-6-8-15(28-3)16(10-13)29-4/h6-10,12,19H,5,11H2,1-4H3,(H,21,24)(H,26,27)/t12-,19-/m0/s1. The second-order valence-electron chi connectivity index (χ2n) is 6.55. The molecule has 1 heterocycles. The lowest BCUT2D eigenvalue weighted by molar-refractivity contribution is -0.143. The van der Waals surface area contributed by atoms with Crippen LogP contribution in [0.2, 0.25) is 0 Å². The Balaban J connectivity index is 2.26. The van der Waals surface area contributed by atoms with Gasteiger partial charge in [0.1, 0.15) is 12.6 Å². The summed E-state index contributed by atoms with van der Waals surface area (Å²) in [6.07, 6.45) is 0.588. The van der Waals surface area contributed by atoms with E-state index in [9.17, 15) is 19.5 Å². The Morgan fingerprint density at radius 3 is 2.45 bits per heavy atom. The van der Waals surface area contributed by atoms with Crippen LogP contribution in [0.25, 0.3) is 11.3 Å². The molecule has 1 aromatic heterocycles. The number of hydrogen-bond acceptors (Lipinski definition) is 6. The fourth-order valence-electron chi connectivity index (χ4n) is 2.75. The number of aromatic nitrogens is 2. The van der Waals surface area contributed by atoms with Crippen molar-refractivity contribution in [1.29, 1.82) is 0 Å².